The van der Waals surface area contributed by atoms with E-state index in [9.17, 15) is 0 Å². The van der Waals surface area contributed by atoms with E-state index in [-0.39, 0.29) is 0 Å². The molecule has 3 heteroatoms. The van der Waals surface area contributed by atoms with Crippen molar-refractivity contribution < 1.29 is 4.40 Å². The van der Waals surface area contributed by atoms with Crippen LogP contribution in [0.2, 0.25) is 0 Å². The van der Waals surface area contributed by atoms with Crippen LogP contribution in [0.4, 0.5) is 0 Å². The van der Waals surface area contributed by atoms with E-state index in [1.807, 2.05) is 12.4 Å². The van der Waals surface area contributed by atoms with Crippen LogP contribution < -0.4 is 4.40 Å². The summed E-state index contributed by atoms with van der Waals surface area (Å²) < 4.78 is 3.49. The molecule has 0 amide bonds. The normalized spacial score (nSPS) is 11.3. The van der Waals surface area contributed by atoms with Crippen molar-refractivity contribution in [3.63, 3.8) is 0 Å². The maximum Gasteiger partial charge on any atom is 0.344 e. The molecular formula is C9H7N2S+. The number of aromatic nitrogens is 2. The summed E-state index contributed by atoms with van der Waals surface area (Å²) in [5.41, 5.74) is 1.28. The Bertz CT molecular complexity index is 534. The second kappa shape index (κ2) is 2.08. The topological polar surface area (TPSA) is 19.9 Å². The zero-order valence-corrected chi connectivity index (χ0v) is 7.14. The van der Waals surface area contributed by atoms with Crippen LogP contribution in [-0.2, 0) is 0 Å². The largest absolute Gasteiger partial charge is 0.344 e. The molecule has 3 rings (SSSR count). The van der Waals surface area contributed by atoms with E-state index in [2.05, 4.69) is 33.7 Å². The minimum atomic E-state index is 1.19. The molecule has 0 unspecified atom stereocenters. The van der Waals surface area contributed by atoms with Gasteiger partial charge in [0, 0.05) is 0 Å². The molecule has 0 atom stereocenters. The van der Waals surface area contributed by atoms with Gasteiger partial charge in [-0.25, -0.2) is 4.98 Å². The average Bonchev–Trinajstić information content (AvgIpc) is 2.62. The molecule has 2 aromatic heterocycles. The fraction of sp³-hybridized carbons (Fsp3) is 0. The average molecular weight is 175 g/mol. The first-order valence-electron chi connectivity index (χ1n) is 3.81. The van der Waals surface area contributed by atoms with Gasteiger partial charge in [0.25, 0.3) is 0 Å². The molecular weight excluding hydrogens is 168 g/mol. The molecule has 1 aromatic carbocycles. The van der Waals surface area contributed by atoms with Gasteiger partial charge in [-0.3, -0.25) is 0 Å². The van der Waals surface area contributed by atoms with Crippen molar-refractivity contribution >= 4 is 26.5 Å². The van der Waals surface area contributed by atoms with Crippen molar-refractivity contribution in [3.8, 4) is 0 Å². The summed E-state index contributed by atoms with van der Waals surface area (Å²) in [5, 5.41) is 0. The van der Waals surface area contributed by atoms with Crippen LogP contribution in [0.3, 0.4) is 0 Å². The number of benzene rings is 1. The third-order valence-corrected chi connectivity index (χ3v) is 3.05. The fourth-order valence-corrected chi connectivity index (χ4v) is 2.45. The molecule has 0 radical (unpaired) electrons. The van der Waals surface area contributed by atoms with Crippen LogP contribution in [0.5, 0.6) is 0 Å². The third kappa shape index (κ3) is 0.662. The number of fused-ring (bicyclic) bond motifs is 3. The molecule has 1 N–H and O–H groups in total. The summed E-state index contributed by atoms with van der Waals surface area (Å²) in [6, 6.07) is 8.40. The second-order valence-electron chi connectivity index (χ2n) is 2.71. The molecule has 0 aliphatic carbocycles. The number of aromatic amines is 1. The smallest absolute Gasteiger partial charge is 0.234 e. The lowest BCUT2D eigenvalue weighted by molar-refractivity contribution is -0.475. The molecule has 0 aliphatic heterocycles. The van der Waals surface area contributed by atoms with E-state index in [4.69, 9.17) is 0 Å². The Morgan fingerprint density at radius 2 is 2.17 bits per heavy atom. The van der Waals surface area contributed by atoms with Gasteiger partial charge in [0.1, 0.15) is 12.4 Å². The standard InChI is InChI=1S/C9H6N2S/c1-2-4-8-7(3-1)11-6-5-10-9(11)12-8/h1-6H/p+1. The minimum Gasteiger partial charge on any atom is -0.234 e. The first-order valence-corrected chi connectivity index (χ1v) is 4.63. The molecule has 0 bridgehead atoms. The molecule has 2 heterocycles. The third-order valence-electron chi connectivity index (χ3n) is 1.98. The van der Waals surface area contributed by atoms with E-state index in [1.54, 1.807) is 11.3 Å². The monoisotopic (exact) mass is 175 g/mol. The maximum atomic E-state index is 3.19. The van der Waals surface area contributed by atoms with Crippen LogP contribution >= 0.6 is 11.3 Å². The van der Waals surface area contributed by atoms with Crippen molar-refractivity contribution in [2.45, 2.75) is 0 Å². The molecule has 3 aromatic rings. The van der Waals surface area contributed by atoms with E-state index in [0.29, 0.717) is 0 Å². The Labute approximate surface area is 73.1 Å². The highest BCUT2D eigenvalue weighted by Crippen LogP contribution is 2.18. The van der Waals surface area contributed by atoms with Gasteiger partial charge in [0.2, 0.25) is 0 Å². The SMILES string of the molecule is c1ccc2c(c1)sc1[nH]cc[n+]12. The van der Waals surface area contributed by atoms with Gasteiger partial charge < -0.3 is 0 Å². The van der Waals surface area contributed by atoms with Gasteiger partial charge >= 0.3 is 4.96 Å². The number of thiazole rings is 1. The zero-order valence-electron chi connectivity index (χ0n) is 6.32. The summed E-state index contributed by atoms with van der Waals surface area (Å²) in [6.07, 6.45) is 4.01. The number of para-hydroxylation sites is 1. The zero-order chi connectivity index (χ0) is 7.97. The van der Waals surface area contributed by atoms with E-state index in [0.717, 1.165) is 0 Å². The lowest BCUT2D eigenvalue weighted by Gasteiger charge is -1.81. The Hall–Kier alpha value is -1.35. The van der Waals surface area contributed by atoms with Gasteiger partial charge in [-0.2, -0.15) is 4.40 Å². The van der Waals surface area contributed by atoms with Crippen LogP contribution in [-0.4, -0.2) is 4.98 Å². The Morgan fingerprint density at radius 3 is 3.17 bits per heavy atom. The van der Waals surface area contributed by atoms with Gasteiger partial charge in [0.15, 0.2) is 5.52 Å². The predicted octanol–water partition coefficient (Wildman–Crippen LogP) is 1.97. The van der Waals surface area contributed by atoms with Crippen LogP contribution in [0, 0.1) is 0 Å². The number of H-pyrrole nitrogens is 1. The van der Waals surface area contributed by atoms with E-state index in [1.165, 1.54) is 15.2 Å². The first-order chi connectivity index (χ1) is 5.95. The molecule has 0 saturated heterocycles. The van der Waals surface area contributed by atoms with Gasteiger partial charge in [-0.15, -0.1) is 0 Å². The summed E-state index contributed by atoms with van der Waals surface area (Å²) in [7, 11) is 0. The highest BCUT2D eigenvalue weighted by atomic mass is 32.1. The Morgan fingerprint density at radius 1 is 1.25 bits per heavy atom. The van der Waals surface area contributed by atoms with Crippen molar-refractivity contribution in [1.82, 2.24) is 4.98 Å². The number of hydrogen-bond acceptors (Lipinski definition) is 1. The molecule has 0 fully saturated rings. The van der Waals surface area contributed by atoms with Crippen molar-refractivity contribution in [2.75, 3.05) is 0 Å². The molecule has 58 valence electrons. The van der Waals surface area contributed by atoms with Crippen molar-refractivity contribution in [1.29, 1.82) is 0 Å². The van der Waals surface area contributed by atoms with Crippen LogP contribution in [0.25, 0.3) is 15.2 Å². The first kappa shape index (κ1) is 6.20. The molecule has 0 saturated carbocycles. The molecule has 12 heavy (non-hydrogen) atoms. The van der Waals surface area contributed by atoms with Crippen LogP contribution in [0.15, 0.2) is 36.7 Å². The van der Waals surface area contributed by atoms with Gasteiger partial charge in [-0.1, -0.05) is 12.1 Å². The summed E-state index contributed by atoms with van der Waals surface area (Å²) >= 11 is 1.78. The summed E-state index contributed by atoms with van der Waals surface area (Å²) in [4.78, 5) is 4.38. The lowest BCUT2D eigenvalue weighted by Crippen LogP contribution is -2.14. The Kier molecular flexibility index (Phi) is 1.07. The highest BCUT2D eigenvalue weighted by molar-refractivity contribution is 7.22. The number of imidazole rings is 1. The highest BCUT2D eigenvalue weighted by Gasteiger charge is 2.09. The fourth-order valence-electron chi connectivity index (χ4n) is 1.44. The number of hydrogen-bond donors (Lipinski definition) is 1. The van der Waals surface area contributed by atoms with Crippen molar-refractivity contribution in [3.05, 3.63) is 36.7 Å². The quantitative estimate of drug-likeness (QED) is 0.504. The number of rotatable bonds is 0. The Balaban J connectivity index is 2.68. The predicted molar refractivity (Wildman–Crippen MR) is 49.3 cm³/mol. The lowest BCUT2D eigenvalue weighted by atomic mass is 10.3. The maximum absolute atomic E-state index is 3.19. The number of nitrogens with one attached hydrogen (secondary N) is 1. The van der Waals surface area contributed by atoms with E-state index >= 15 is 0 Å². The summed E-state index contributed by atoms with van der Waals surface area (Å²) in [5.74, 6) is 0. The van der Waals surface area contributed by atoms with Crippen molar-refractivity contribution in [2.24, 2.45) is 0 Å². The molecule has 0 aliphatic rings. The van der Waals surface area contributed by atoms with E-state index < -0.39 is 0 Å². The number of nitrogens with zero attached hydrogens (tertiary/aromatic N) is 1. The molecule has 2 nitrogen and oxygen atoms in total. The summed E-state index contributed by atoms with van der Waals surface area (Å²) in [6.45, 7) is 0. The second-order valence-corrected chi connectivity index (χ2v) is 3.74. The van der Waals surface area contributed by atoms with Gasteiger partial charge in [0.05, 0.1) is 4.70 Å². The molecule has 0 spiro atoms. The minimum absolute atomic E-state index is 1.19. The van der Waals surface area contributed by atoms with Gasteiger partial charge in [-0.05, 0) is 23.5 Å². The van der Waals surface area contributed by atoms with Crippen LogP contribution in [0.1, 0.15) is 0 Å².